The van der Waals surface area contributed by atoms with E-state index in [1.54, 1.807) is 12.1 Å². The van der Waals surface area contributed by atoms with Crippen LogP contribution in [-0.4, -0.2) is 25.2 Å². The molecule has 1 aromatic carbocycles. The molecule has 1 aliphatic heterocycles. The number of benzene rings is 1. The van der Waals surface area contributed by atoms with Crippen molar-refractivity contribution < 1.29 is 13.9 Å². The maximum Gasteiger partial charge on any atom is 0.254 e. The molecule has 1 amide bonds. The summed E-state index contributed by atoms with van der Waals surface area (Å²) in [5, 5.41) is 2.60. The molecule has 0 spiro atoms. The number of ether oxygens (including phenoxy) is 1. The zero-order chi connectivity index (χ0) is 9.97. The van der Waals surface area contributed by atoms with Gasteiger partial charge in [-0.1, -0.05) is 12.1 Å². The van der Waals surface area contributed by atoms with Crippen molar-refractivity contribution in [1.29, 1.82) is 0 Å². The highest BCUT2D eigenvalue weighted by atomic mass is 19.1. The third-order valence-corrected chi connectivity index (χ3v) is 2.01. The minimum absolute atomic E-state index is 0.0770. The lowest BCUT2D eigenvalue weighted by molar-refractivity contribution is 0.0946. The van der Waals surface area contributed by atoms with Gasteiger partial charge in [-0.15, -0.1) is 0 Å². The van der Waals surface area contributed by atoms with Gasteiger partial charge in [0.05, 0.1) is 18.3 Å². The Hall–Kier alpha value is -1.42. The van der Waals surface area contributed by atoms with Crippen LogP contribution in [0.1, 0.15) is 10.4 Å². The maximum absolute atomic E-state index is 13.1. The van der Waals surface area contributed by atoms with E-state index in [2.05, 4.69) is 5.32 Å². The van der Waals surface area contributed by atoms with Crippen molar-refractivity contribution in [1.82, 2.24) is 5.32 Å². The monoisotopic (exact) mass is 195 g/mol. The van der Waals surface area contributed by atoms with Gasteiger partial charge in [0.15, 0.2) is 0 Å². The third kappa shape index (κ3) is 2.09. The van der Waals surface area contributed by atoms with E-state index in [-0.39, 0.29) is 11.7 Å². The van der Waals surface area contributed by atoms with Gasteiger partial charge in [-0.05, 0) is 12.1 Å². The average Bonchev–Trinajstić information content (AvgIpc) is 2.98. The second-order valence-corrected chi connectivity index (χ2v) is 3.15. The van der Waals surface area contributed by atoms with Crippen molar-refractivity contribution in [2.45, 2.75) is 6.10 Å². The molecule has 14 heavy (non-hydrogen) atoms. The molecule has 1 aromatic rings. The smallest absolute Gasteiger partial charge is 0.254 e. The van der Waals surface area contributed by atoms with Gasteiger partial charge in [-0.25, -0.2) is 4.39 Å². The molecule has 4 heteroatoms. The fourth-order valence-corrected chi connectivity index (χ4v) is 1.13. The lowest BCUT2D eigenvalue weighted by Crippen LogP contribution is -2.28. The number of hydrogen-bond donors (Lipinski definition) is 1. The SMILES string of the molecule is O=C(NCC1CO1)c1ccccc1F. The van der Waals surface area contributed by atoms with E-state index in [1.807, 2.05) is 0 Å². The molecule has 0 aliphatic carbocycles. The van der Waals surface area contributed by atoms with E-state index in [9.17, 15) is 9.18 Å². The quantitative estimate of drug-likeness (QED) is 0.730. The average molecular weight is 195 g/mol. The van der Waals surface area contributed by atoms with Crippen LogP contribution in [-0.2, 0) is 4.74 Å². The molecule has 0 saturated carbocycles. The van der Waals surface area contributed by atoms with E-state index in [0.717, 1.165) is 0 Å². The Labute approximate surface area is 80.9 Å². The first-order valence-corrected chi connectivity index (χ1v) is 4.41. The van der Waals surface area contributed by atoms with Crippen molar-refractivity contribution in [2.24, 2.45) is 0 Å². The second-order valence-electron chi connectivity index (χ2n) is 3.15. The topological polar surface area (TPSA) is 41.6 Å². The van der Waals surface area contributed by atoms with E-state index >= 15 is 0 Å². The van der Waals surface area contributed by atoms with E-state index < -0.39 is 11.7 Å². The number of amides is 1. The van der Waals surface area contributed by atoms with Crippen molar-refractivity contribution in [3.63, 3.8) is 0 Å². The number of halogens is 1. The standard InChI is InChI=1S/C10H10FNO2/c11-9-4-2-1-3-8(9)10(13)12-5-7-6-14-7/h1-4,7H,5-6H2,(H,12,13). The van der Waals surface area contributed by atoms with Crippen LogP contribution in [0.3, 0.4) is 0 Å². The first-order chi connectivity index (χ1) is 6.77. The first-order valence-electron chi connectivity index (χ1n) is 4.41. The molecule has 1 atom stereocenters. The zero-order valence-corrected chi connectivity index (χ0v) is 7.50. The number of nitrogens with one attached hydrogen (secondary N) is 1. The molecule has 1 heterocycles. The van der Waals surface area contributed by atoms with Crippen LogP contribution >= 0.6 is 0 Å². The number of epoxide rings is 1. The molecule has 0 radical (unpaired) electrons. The Morgan fingerprint density at radius 2 is 2.29 bits per heavy atom. The Kier molecular flexibility index (Phi) is 2.45. The number of rotatable bonds is 3. The molecular formula is C10H10FNO2. The fourth-order valence-electron chi connectivity index (χ4n) is 1.13. The van der Waals surface area contributed by atoms with Gasteiger partial charge in [0.1, 0.15) is 5.82 Å². The van der Waals surface area contributed by atoms with Crippen LogP contribution in [0.5, 0.6) is 0 Å². The Balaban J connectivity index is 1.98. The minimum Gasteiger partial charge on any atom is -0.371 e. The van der Waals surface area contributed by atoms with Crippen molar-refractivity contribution in [2.75, 3.05) is 13.2 Å². The highest BCUT2D eigenvalue weighted by Gasteiger charge is 2.23. The highest BCUT2D eigenvalue weighted by Crippen LogP contribution is 2.08. The second kappa shape index (κ2) is 3.75. The van der Waals surface area contributed by atoms with Gasteiger partial charge in [-0.2, -0.15) is 0 Å². The summed E-state index contributed by atoms with van der Waals surface area (Å²) in [6, 6.07) is 5.91. The fraction of sp³-hybridized carbons (Fsp3) is 0.300. The molecule has 1 fully saturated rings. The third-order valence-electron chi connectivity index (χ3n) is 2.01. The van der Waals surface area contributed by atoms with Gasteiger partial charge in [0.2, 0.25) is 0 Å². The van der Waals surface area contributed by atoms with Gasteiger partial charge < -0.3 is 10.1 Å². The Morgan fingerprint density at radius 3 is 2.93 bits per heavy atom. The Bertz CT molecular complexity index is 350. The summed E-state index contributed by atoms with van der Waals surface area (Å²) >= 11 is 0. The van der Waals surface area contributed by atoms with Crippen molar-refractivity contribution >= 4 is 5.91 Å². The van der Waals surface area contributed by atoms with E-state index in [0.29, 0.717) is 13.2 Å². The molecule has 1 aliphatic rings. The summed E-state index contributed by atoms with van der Waals surface area (Å²) in [5.74, 6) is -0.889. The lowest BCUT2D eigenvalue weighted by atomic mass is 10.2. The van der Waals surface area contributed by atoms with Crippen LogP contribution < -0.4 is 5.32 Å². The lowest BCUT2D eigenvalue weighted by Gasteiger charge is -2.03. The molecular weight excluding hydrogens is 185 g/mol. The van der Waals surface area contributed by atoms with Crippen LogP contribution in [0.15, 0.2) is 24.3 Å². The van der Waals surface area contributed by atoms with E-state index in [1.165, 1.54) is 12.1 Å². The molecule has 0 aromatic heterocycles. The molecule has 1 saturated heterocycles. The number of hydrogen-bond acceptors (Lipinski definition) is 2. The van der Waals surface area contributed by atoms with Gasteiger partial charge in [0.25, 0.3) is 5.91 Å². The molecule has 2 rings (SSSR count). The maximum atomic E-state index is 13.1. The highest BCUT2D eigenvalue weighted by molar-refractivity contribution is 5.94. The molecule has 0 bridgehead atoms. The normalized spacial score (nSPS) is 19.1. The molecule has 74 valence electrons. The summed E-state index contributed by atoms with van der Waals surface area (Å²) in [6.07, 6.45) is 0.116. The first kappa shape index (κ1) is 9.15. The van der Waals surface area contributed by atoms with Gasteiger partial charge in [-0.3, -0.25) is 4.79 Å². The van der Waals surface area contributed by atoms with Crippen LogP contribution in [0.2, 0.25) is 0 Å². The summed E-state index contributed by atoms with van der Waals surface area (Å²) in [4.78, 5) is 11.4. The number of carbonyl (C=O) groups excluding carboxylic acids is 1. The number of carbonyl (C=O) groups is 1. The van der Waals surface area contributed by atoms with Crippen LogP contribution in [0.4, 0.5) is 4.39 Å². The molecule has 3 nitrogen and oxygen atoms in total. The summed E-state index contributed by atoms with van der Waals surface area (Å²) < 4.78 is 18.0. The Morgan fingerprint density at radius 1 is 1.57 bits per heavy atom. The molecule has 1 unspecified atom stereocenters. The predicted octanol–water partition coefficient (Wildman–Crippen LogP) is 0.954. The summed E-state index contributed by atoms with van der Waals surface area (Å²) in [7, 11) is 0. The van der Waals surface area contributed by atoms with Gasteiger partial charge in [0, 0.05) is 6.54 Å². The predicted molar refractivity (Wildman–Crippen MR) is 48.5 cm³/mol. The van der Waals surface area contributed by atoms with Gasteiger partial charge >= 0.3 is 0 Å². The van der Waals surface area contributed by atoms with E-state index in [4.69, 9.17) is 4.74 Å². The van der Waals surface area contributed by atoms with Crippen molar-refractivity contribution in [3.8, 4) is 0 Å². The minimum atomic E-state index is -0.498. The van der Waals surface area contributed by atoms with Crippen LogP contribution in [0, 0.1) is 5.82 Å². The largest absolute Gasteiger partial charge is 0.371 e. The summed E-state index contributed by atoms with van der Waals surface area (Å²) in [5.41, 5.74) is 0.0770. The summed E-state index contributed by atoms with van der Waals surface area (Å²) in [6.45, 7) is 1.13. The van der Waals surface area contributed by atoms with Crippen molar-refractivity contribution in [3.05, 3.63) is 35.6 Å². The van der Waals surface area contributed by atoms with Crippen LogP contribution in [0.25, 0.3) is 0 Å². The zero-order valence-electron chi connectivity index (χ0n) is 7.50. The molecule has 1 N–H and O–H groups in total.